The fourth-order valence-electron chi connectivity index (χ4n) is 2.92. The summed E-state index contributed by atoms with van der Waals surface area (Å²) in [5, 5.41) is 9.05. The van der Waals surface area contributed by atoms with Crippen molar-refractivity contribution >= 4 is 41.3 Å². The van der Waals surface area contributed by atoms with Crippen molar-refractivity contribution in [1.82, 2.24) is 15.5 Å². The minimum absolute atomic E-state index is 0. The number of rotatable bonds is 9. The van der Waals surface area contributed by atoms with Crippen molar-refractivity contribution in [2.24, 2.45) is 4.99 Å². The molecule has 0 saturated heterocycles. The van der Waals surface area contributed by atoms with E-state index in [4.69, 9.17) is 4.74 Å². The van der Waals surface area contributed by atoms with Crippen LogP contribution in [-0.4, -0.2) is 56.8 Å². The first-order chi connectivity index (χ1) is 11.7. The molecule has 0 aromatic carbocycles. The Morgan fingerprint density at radius 2 is 2.24 bits per heavy atom. The second-order valence-corrected chi connectivity index (χ2v) is 7.22. The first-order valence-corrected chi connectivity index (χ1v) is 9.94. The fourth-order valence-corrected chi connectivity index (χ4v) is 3.81. The number of thiophene rings is 1. The highest BCUT2D eigenvalue weighted by molar-refractivity contribution is 14.0. The van der Waals surface area contributed by atoms with Crippen LogP contribution in [0, 0.1) is 0 Å². The van der Waals surface area contributed by atoms with E-state index in [1.54, 1.807) is 4.88 Å². The normalized spacial score (nSPS) is 16.0. The van der Waals surface area contributed by atoms with Crippen LogP contribution in [0.3, 0.4) is 0 Å². The number of aliphatic imine (C=N–C) groups is 1. The average Bonchev–Trinajstić information content (AvgIpc) is 3.07. The first-order valence-electron chi connectivity index (χ1n) is 9.06. The van der Waals surface area contributed by atoms with E-state index in [-0.39, 0.29) is 24.0 Å². The molecule has 2 N–H and O–H groups in total. The molecule has 0 bridgehead atoms. The van der Waals surface area contributed by atoms with E-state index in [0.29, 0.717) is 6.04 Å². The van der Waals surface area contributed by atoms with Gasteiger partial charge in [-0.15, -0.1) is 35.3 Å². The zero-order valence-electron chi connectivity index (χ0n) is 15.7. The number of fused-ring (bicyclic) bond motifs is 1. The Morgan fingerprint density at radius 1 is 1.40 bits per heavy atom. The van der Waals surface area contributed by atoms with Gasteiger partial charge in [0.25, 0.3) is 0 Å². The molecule has 0 amide bonds. The van der Waals surface area contributed by atoms with Crippen LogP contribution in [0.25, 0.3) is 0 Å². The third-order valence-corrected chi connectivity index (χ3v) is 5.48. The minimum Gasteiger partial charge on any atom is -0.382 e. The molecule has 25 heavy (non-hydrogen) atoms. The molecule has 1 aliphatic heterocycles. The topological polar surface area (TPSA) is 48.9 Å². The molecule has 0 radical (unpaired) electrons. The lowest BCUT2D eigenvalue weighted by Crippen LogP contribution is -2.47. The molecule has 144 valence electrons. The van der Waals surface area contributed by atoms with Crippen molar-refractivity contribution in [3.05, 3.63) is 21.9 Å². The van der Waals surface area contributed by atoms with Crippen molar-refractivity contribution in [3.63, 3.8) is 0 Å². The SMILES string of the molecule is CCOCCCCNC(=NC)NCC(C)N1CCc2sccc2C1.I. The number of unbranched alkanes of at least 4 members (excludes halogenated alkanes) is 1. The molecule has 0 spiro atoms. The number of nitrogens with one attached hydrogen (secondary N) is 2. The smallest absolute Gasteiger partial charge is 0.191 e. The number of ether oxygens (including phenoxy) is 1. The zero-order valence-corrected chi connectivity index (χ0v) is 18.9. The lowest BCUT2D eigenvalue weighted by Gasteiger charge is -2.32. The lowest BCUT2D eigenvalue weighted by molar-refractivity contribution is 0.143. The van der Waals surface area contributed by atoms with Crippen molar-refractivity contribution in [1.29, 1.82) is 0 Å². The van der Waals surface area contributed by atoms with Crippen LogP contribution < -0.4 is 10.6 Å². The lowest BCUT2D eigenvalue weighted by atomic mass is 10.1. The van der Waals surface area contributed by atoms with Crippen LogP contribution in [0.5, 0.6) is 0 Å². The van der Waals surface area contributed by atoms with E-state index in [1.165, 1.54) is 12.0 Å². The van der Waals surface area contributed by atoms with Crippen molar-refractivity contribution < 1.29 is 4.74 Å². The van der Waals surface area contributed by atoms with Crippen LogP contribution in [-0.2, 0) is 17.7 Å². The van der Waals surface area contributed by atoms with Gasteiger partial charge in [-0.3, -0.25) is 9.89 Å². The van der Waals surface area contributed by atoms with Gasteiger partial charge in [0.2, 0.25) is 0 Å². The molecule has 0 saturated carbocycles. The molecule has 1 atom stereocenters. The summed E-state index contributed by atoms with van der Waals surface area (Å²) in [4.78, 5) is 8.43. The van der Waals surface area contributed by atoms with Gasteiger partial charge in [-0.1, -0.05) is 0 Å². The molecule has 7 heteroatoms. The molecule has 2 rings (SSSR count). The summed E-state index contributed by atoms with van der Waals surface area (Å²) in [6.45, 7) is 10.1. The second-order valence-electron chi connectivity index (χ2n) is 6.22. The van der Waals surface area contributed by atoms with Crippen molar-refractivity contribution in [2.75, 3.05) is 39.9 Å². The Balaban J connectivity index is 0.00000312. The highest BCUT2D eigenvalue weighted by atomic mass is 127. The quantitative estimate of drug-likeness (QED) is 0.247. The molecule has 1 unspecified atom stereocenters. The van der Waals surface area contributed by atoms with Crippen LogP contribution in [0.1, 0.15) is 37.1 Å². The van der Waals surface area contributed by atoms with E-state index in [0.717, 1.165) is 58.2 Å². The monoisotopic (exact) mass is 480 g/mol. The second kappa shape index (κ2) is 12.9. The van der Waals surface area contributed by atoms with Crippen LogP contribution >= 0.6 is 35.3 Å². The summed E-state index contributed by atoms with van der Waals surface area (Å²) in [5.41, 5.74) is 1.51. The summed E-state index contributed by atoms with van der Waals surface area (Å²) in [7, 11) is 1.83. The van der Waals surface area contributed by atoms with Gasteiger partial charge < -0.3 is 15.4 Å². The number of guanidine groups is 1. The molecule has 5 nitrogen and oxygen atoms in total. The highest BCUT2D eigenvalue weighted by Crippen LogP contribution is 2.24. The highest BCUT2D eigenvalue weighted by Gasteiger charge is 2.21. The molecule has 1 aliphatic rings. The van der Waals surface area contributed by atoms with Gasteiger partial charge >= 0.3 is 0 Å². The molecule has 1 aromatic rings. The van der Waals surface area contributed by atoms with Gasteiger partial charge in [0.05, 0.1) is 0 Å². The first kappa shape index (κ1) is 22.7. The number of nitrogens with zero attached hydrogens (tertiary/aromatic N) is 2. The molecule has 2 heterocycles. The number of hydrogen-bond donors (Lipinski definition) is 2. The molecule has 1 aromatic heterocycles. The molecular weight excluding hydrogens is 447 g/mol. The number of hydrogen-bond acceptors (Lipinski definition) is 4. The Kier molecular flexibility index (Phi) is 11.7. The van der Waals surface area contributed by atoms with Gasteiger partial charge in [-0.05, 0) is 50.1 Å². The van der Waals surface area contributed by atoms with Crippen molar-refractivity contribution in [2.45, 2.75) is 45.7 Å². The van der Waals surface area contributed by atoms with Crippen LogP contribution in [0.2, 0.25) is 0 Å². The summed E-state index contributed by atoms with van der Waals surface area (Å²) in [5.74, 6) is 0.895. The Hall–Kier alpha value is -0.380. The van der Waals surface area contributed by atoms with E-state index in [9.17, 15) is 0 Å². The summed E-state index contributed by atoms with van der Waals surface area (Å²) in [6.07, 6.45) is 3.37. The maximum Gasteiger partial charge on any atom is 0.191 e. The largest absolute Gasteiger partial charge is 0.382 e. The minimum atomic E-state index is 0. The van der Waals surface area contributed by atoms with Gasteiger partial charge in [-0.2, -0.15) is 0 Å². The standard InChI is InChI=1S/C18H32N4OS.HI/c1-4-23-11-6-5-9-20-18(19-3)21-13-15(2)22-10-7-17-16(14-22)8-12-24-17;/h8,12,15H,4-7,9-11,13-14H2,1-3H3,(H2,19,20,21);1H. The fraction of sp³-hybridized carbons (Fsp3) is 0.722. The average molecular weight is 480 g/mol. The van der Waals surface area contributed by atoms with E-state index in [2.05, 4.69) is 38.9 Å². The predicted octanol–water partition coefficient (Wildman–Crippen LogP) is 3.09. The third-order valence-electron chi connectivity index (χ3n) is 4.46. The Morgan fingerprint density at radius 3 is 3.00 bits per heavy atom. The maximum absolute atomic E-state index is 5.35. The van der Waals surface area contributed by atoms with Crippen molar-refractivity contribution in [3.8, 4) is 0 Å². The van der Waals surface area contributed by atoms with Crippen LogP contribution in [0.4, 0.5) is 0 Å². The van der Waals surface area contributed by atoms with E-state index < -0.39 is 0 Å². The van der Waals surface area contributed by atoms with Gasteiger partial charge in [0.15, 0.2) is 5.96 Å². The maximum atomic E-state index is 5.35. The van der Waals surface area contributed by atoms with Gasteiger partial charge in [0.1, 0.15) is 0 Å². The Bertz CT molecular complexity index is 509. The molecular formula is C18H33IN4OS. The predicted molar refractivity (Wildman–Crippen MR) is 118 cm³/mol. The third kappa shape index (κ3) is 7.80. The van der Waals surface area contributed by atoms with E-state index in [1.807, 2.05) is 25.3 Å². The summed E-state index contributed by atoms with van der Waals surface area (Å²) >= 11 is 1.90. The van der Waals surface area contributed by atoms with Gasteiger partial charge in [-0.25, -0.2) is 0 Å². The summed E-state index contributed by atoms with van der Waals surface area (Å²) < 4.78 is 5.35. The molecule has 0 fully saturated rings. The molecule has 0 aliphatic carbocycles. The van der Waals surface area contributed by atoms with E-state index >= 15 is 0 Å². The zero-order chi connectivity index (χ0) is 17.2. The van der Waals surface area contributed by atoms with Crippen LogP contribution in [0.15, 0.2) is 16.4 Å². The van der Waals surface area contributed by atoms with Gasteiger partial charge in [0, 0.05) is 57.4 Å². The number of halogens is 1. The summed E-state index contributed by atoms with van der Waals surface area (Å²) in [6, 6.07) is 2.77. The Labute approximate surface area is 173 Å².